The molecule has 1 aliphatic carbocycles. The van der Waals surface area contributed by atoms with Crippen LogP contribution in [0.2, 0.25) is 0 Å². The lowest BCUT2D eigenvalue weighted by Gasteiger charge is -2.25. The van der Waals surface area contributed by atoms with Crippen molar-refractivity contribution in [2.75, 3.05) is 5.32 Å². The van der Waals surface area contributed by atoms with E-state index in [1.165, 1.54) is 42.5 Å². The highest BCUT2D eigenvalue weighted by Gasteiger charge is 2.39. The van der Waals surface area contributed by atoms with E-state index >= 15 is 0 Å². The van der Waals surface area contributed by atoms with Crippen LogP contribution in [0.15, 0.2) is 40.4 Å². The molecule has 0 heterocycles. The molecule has 0 saturated carbocycles. The molecule has 0 fully saturated rings. The fourth-order valence-electron chi connectivity index (χ4n) is 3.06. The fourth-order valence-corrected chi connectivity index (χ4v) is 3.74. The van der Waals surface area contributed by atoms with Crippen LogP contribution in [0.25, 0.3) is 0 Å². The largest absolute Gasteiger partial charge is 0.744 e. The molecule has 0 saturated heterocycles. The maximum atomic E-state index is 13.0. The molecule has 3 rings (SSSR count). The third-order valence-corrected chi connectivity index (χ3v) is 5.25. The zero-order chi connectivity index (χ0) is 23.1. The topological polar surface area (TPSA) is 215 Å². The molecule has 1 aliphatic rings. The van der Waals surface area contributed by atoms with E-state index in [-0.39, 0.29) is 11.1 Å². The van der Waals surface area contributed by atoms with E-state index in [1.54, 1.807) is 0 Å². The minimum Gasteiger partial charge on any atom is -0.744 e. The van der Waals surface area contributed by atoms with Gasteiger partial charge in [0.15, 0.2) is 22.9 Å². The number of carbonyl (C=O) groups excluding carboxylic acids is 2. The van der Waals surface area contributed by atoms with Gasteiger partial charge in [-0.15, -0.1) is 0 Å². The molecule has 0 radical (unpaired) electrons. The predicted molar refractivity (Wildman–Crippen MR) is 98.5 cm³/mol. The fraction of sp³-hybridized carbons (Fsp3) is 0. The number of fused-ring (bicyclic) bond motifs is 2. The van der Waals surface area contributed by atoms with Crippen molar-refractivity contribution < 1.29 is 32.8 Å². The summed E-state index contributed by atoms with van der Waals surface area (Å²) in [6, 6.07) is 9.51. The first-order valence-corrected chi connectivity index (χ1v) is 9.47. The Bertz CT molecular complexity index is 1450. The van der Waals surface area contributed by atoms with Crippen LogP contribution in [0.1, 0.15) is 31.8 Å². The second-order valence-corrected chi connectivity index (χ2v) is 7.34. The lowest BCUT2D eigenvalue weighted by atomic mass is 9.82. The van der Waals surface area contributed by atoms with Crippen molar-refractivity contribution >= 4 is 27.4 Å². The number of phenolic OH excluding ortho intramolecular Hbond substituents is 2. The van der Waals surface area contributed by atoms with Gasteiger partial charge in [-0.1, -0.05) is 24.3 Å². The van der Waals surface area contributed by atoms with Gasteiger partial charge in [0.2, 0.25) is 0 Å². The van der Waals surface area contributed by atoms with Gasteiger partial charge >= 0.3 is 0 Å². The molecule has 11 nitrogen and oxygen atoms in total. The third-order valence-electron chi connectivity index (χ3n) is 4.36. The van der Waals surface area contributed by atoms with Crippen LogP contribution >= 0.6 is 0 Å². The first-order chi connectivity index (χ1) is 14.6. The monoisotopic (exact) mass is 435 g/mol. The number of nitriles is 3. The number of allylic oxidation sites excluding steroid dienone is 2. The number of nitrogens with zero attached hydrogens (tertiary/aromatic N) is 3. The molecule has 2 aromatic carbocycles. The van der Waals surface area contributed by atoms with E-state index in [0.29, 0.717) is 0 Å². The molecule has 31 heavy (non-hydrogen) atoms. The Hall–Kier alpha value is -4.70. The van der Waals surface area contributed by atoms with Gasteiger partial charge in [-0.05, 0) is 0 Å². The van der Waals surface area contributed by atoms with Gasteiger partial charge in [-0.25, -0.2) is 8.42 Å². The minimum atomic E-state index is -5.59. The lowest BCUT2D eigenvalue weighted by molar-refractivity contribution is 0.0976. The highest BCUT2D eigenvalue weighted by atomic mass is 32.2. The van der Waals surface area contributed by atoms with Gasteiger partial charge in [0.1, 0.15) is 44.7 Å². The number of aromatic hydroxyl groups is 2. The number of hydrogen-bond acceptors (Lipinski definition) is 11. The Balaban J connectivity index is 2.51. The molecule has 12 heteroatoms. The van der Waals surface area contributed by atoms with Gasteiger partial charge in [-0.3, -0.25) is 9.59 Å². The van der Waals surface area contributed by atoms with Gasteiger partial charge in [-0.2, -0.15) is 15.8 Å². The molecule has 3 N–H and O–H groups in total. The lowest BCUT2D eigenvalue weighted by Crippen LogP contribution is -2.24. The highest BCUT2D eigenvalue weighted by Crippen LogP contribution is 2.48. The summed E-state index contributed by atoms with van der Waals surface area (Å²) in [4.78, 5) is 24.4. The number of rotatable bonds is 3. The molecule has 0 aromatic heterocycles. The van der Waals surface area contributed by atoms with Gasteiger partial charge in [0.05, 0.1) is 16.8 Å². The SMILES string of the molecule is N#CC(C#N)=C(C#N)Nc1c(O)c(S(=O)(=O)[O-])c(O)c2c1C(=O)c1ccccc1C2=O. The number of carbonyl (C=O) groups is 2. The Morgan fingerprint density at radius 1 is 0.903 bits per heavy atom. The van der Waals surface area contributed by atoms with Crippen molar-refractivity contribution in [1.29, 1.82) is 15.8 Å². The van der Waals surface area contributed by atoms with Crippen LogP contribution in [-0.2, 0) is 10.1 Å². The zero-order valence-electron chi connectivity index (χ0n) is 15.0. The molecular weight excluding hydrogens is 428 g/mol. The first-order valence-electron chi connectivity index (χ1n) is 8.06. The van der Waals surface area contributed by atoms with E-state index in [4.69, 9.17) is 10.5 Å². The Labute approximate surface area is 174 Å². The van der Waals surface area contributed by atoms with Crippen molar-refractivity contribution in [3.8, 4) is 29.7 Å². The standard InChI is InChI=1S/C19H8N4O7S/c20-5-8(6-21)11(7-22)23-14-12-13(17(26)19(18(14)27)31(28,29)30)16(25)10-4-2-1-3-9(10)15(12)24/h1-4,23,26-27H,(H,28,29,30)/p-1. The van der Waals surface area contributed by atoms with E-state index < -0.39 is 66.2 Å². The van der Waals surface area contributed by atoms with Crippen molar-refractivity contribution in [3.05, 3.63) is 57.8 Å². The summed E-state index contributed by atoms with van der Waals surface area (Å²) in [5.41, 5.74) is -4.52. The highest BCUT2D eigenvalue weighted by molar-refractivity contribution is 7.86. The van der Waals surface area contributed by atoms with Crippen molar-refractivity contribution in [3.63, 3.8) is 0 Å². The number of hydrogen-bond donors (Lipinski definition) is 3. The molecule has 2 aromatic rings. The van der Waals surface area contributed by atoms with Crippen LogP contribution in [-0.4, -0.2) is 34.8 Å². The Kier molecular flexibility index (Phi) is 4.94. The van der Waals surface area contributed by atoms with E-state index in [9.17, 15) is 38.0 Å². The van der Waals surface area contributed by atoms with Crippen molar-refractivity contribution in [2.24, 2.45) is 0 Å². The van der Waals surface area contributed by atoms with Crippen LogP contribution < -0.4 is 5.32 Å². The van der Waals surface area contributed by atoms with Crippen LogP contribution in [0.4, 0.5) is 5.69 Å². The first kappa shape index (κ1) is 21.0. The quantitative estimate of drug-likeness (QED) is 0.228. The average Bonchev–Trinajstić information content (AvgIpc) is 2.72. The number of benzene rings is 2. The van der Waals surface area contributed by atoms with E-state index in [1.807, 2.05) is 0 Å². The van der Waals surface area contributed by atoms with Crippen molar-refractivity contribution in [1.82, 2.24) is 0 Å². The number of nitrogens with one attached hydrogen (secondary N) is 1. The normalized spacial score (nSPS) is 11.9. The summed E-state index contributed by atoms with van der Waals surface area (Å²) in [5.74, 6) is -4.89. The molecule has 152 valence electrons. The number of phenols is 2. The summed E-state index contributed by atoms with van der Waals surface area (Å²) in [5, 5.41) is 50.1. The van der Waals surface area contributed by atoms with E-state index in [0.717, 1.165) is 0 Å². The number of ketones is 2. The smallest absolute Gasteiger partial charge is 0.198 e. The maximum Gasteiger partial charge on any atom is 0.198 e. The average molecular weight is 435 g/mol. The Morgan fingerprint density at radius 3 is 1.87 bits per heavy atom. The van der Waals surface area contributed by atoms with Gasteiger partial charge in [0, 0.05) is 11.1 Å². The zero-order valence-corrected chi connectivity index (χ0v) is 15.8. The predicted octanol–water partition coefficient (Wildman–Crippen LogP) is 1.01. The summed E-state index contributed by atoms with van der Waals surface area (Å²) in [6.07, 6.45) is 0. The molecule has 0 bridgehead atoms. The maximum absolute atomic E-state index is 13.0. The summed E-state index contributed by atoms with van der Waals surface area (Å²) in [7, 11) is -5.59. The molecule has 0 atom stereocenters. The number of anilines is 1. The second kappa shape index (κ2) is 7.28. The molecule has 0 aliphatic heterocycles. The second-order valence-electron chi connectivity index (χ2n) is 6.02. The van der Waals surface area contributed by atoms with E-state index in [2.05, 4.69) is 5.32 Å². The molecule has 0 unspecified atom stereocenters. The molecular formula is C19H7N4O7S-. The van der Waals surface area contributed by atoms with Gasteiger partial charge < -0.3 is 20.1 Å². The summed E-state index contributed by atoms with van der Waals surface area (Å²) in [6.45, 7) is 0. The van der Waals surface area contributed by atoms with Crippen LogP contribution in [0.3, 0.4) is 0 Å². The van der Waals surface area contributed by atoms with Crippen LogP contribution in [0.5, 0.6) is 11.5 Å². The summed E-state index contributed by atoms with van der Waals surface area (Å²) < 4.78 is 35.0. The summed E-state index contributed by atoms with van der Waals surface area (Å²) >= 11 is 0. The Morgan fingerprint density at radius 2 is 1.42 bits per heavy atom. The molecule has 0 amide bonds. The minimum absolute atomic E-state index is 0.164. The van der Waals surface area contributed by atoms with Gasteiger partial charge in [0.25, 0.3) is 0 Å². The third kappa shape index (κ3) is 3.12. The van der Waals surface area contributed by atoms with Crippen molar-refractivity contribution in [2.45, 2.75) is 4.90 Å². The van der Waals surface area contributed by atoms with Crippen LogP contribution in [0, 0.1) is 34.0 Å². The molecule has 0 spiro atoms.